The standard InChI is InChI=1S/C19H12ClN/c20-17-10-8-14(9-11-17)12-16(13-21)19-7-3-5-15-4-1-2-6-18(15)19/h1-12H. The number of allylic oxidation sites excluding steroid dienone is 1. The summed E-state index contributed by atoms with van der Waals surface area (Å²) in [5, 5.41) is 12.4. The number of rotatable bonds is 2. The van der Waals surface area contributed by atoms with E-state index in [0.29, 0.717) is 10.6 Å². The Morgan fingerprint density at radius 1 is 0.905 bits per heavy atom. The Balaban J connectivity index is 2.15. The minimum atomic E-state index is 0.647. The van der Waals surface area contributed by atoms with Gasteiger partial charge in [0.1, 0.15) is 0 Å². The summed E-state index contributed by atoms with van der Waals surface area (Å²) in [4.78, 5) is 0. The third kappa shape index (κ3) is 2.81. The van der Waals surface area contributed by atoms with Crippen LogP contribution >= 0.6 is 11.6 Å². The van der Waals surface area contributed by atoms with Gasteiger partial charge in [-0.2, -0.15) is 5.26 Å². The molecule has 1 nitrogen and oxygen atoms in total. The molecule has 0 unspecified atom stereocenters. The second-order valence-electron chi connectivity index (χ2n) is 4.75. The summed E-state index contributed by atoms with van der Waals surface area (Å²) in [5.41, 5.74) is 2.56. The van der Waals surface area contributed by atoms with Gasteiger partial charge in [-0.1, -0.05) is 66.2 Å². The zero-order chi connectivity index (χ0) is 14.7. The van der Waals surface area contributed by atoms with E-state index in [-0.39, 0.29) is 0 Å². The SMILES string of the molecule is N#CC(=Cc1ccc(Cl)cc1)c1cccc2ccccc12. The molecule has 0 aliphatic carbocycles. The topological polar surface area (TPSA) is 23.8 Å². The van der Waals surface area contributed by atoms with Crippen molar-refractivity contribution < 1.29 is 0 Å². The van der Waals surface area contributed by atoms with Crippen LogP contribution in [0.15, 0.2) is 66.7 Å². The van der Waals surface area contributed by atoms with Gasteiger partial charge >= 0.3 is 0 Å². The van der Waals surface area contributed by atoms with Crippen LogP contribution < -0.4 is 0 Å². The van der Waals surface area contributed by atoms with E-state index in [9.17, 15) is 5.26 Å². The highest BCUT2D eigenvalue weighted by Crippen LogP contribution is 2.26. The van der Waals surface area contributed by atoms with Gasteiger partial charge in [-0.05, 0) is 34.5 Å². The smallest absolute Gasteiger partial charge is 0.0998 e. The molecule has 3 aromatic carbocycles. The van der Waals surface area contributed by atoms with Gasteiger partial charge in [-0.3, -0.25) is 0 Å². The first-order valence-corrected chi connectivity index (χ1v) is 7.01. The number of hydrogen-bond acceptors (Lipinski definition) is 1. The predicted molar refractivity (Wildman–Crippen MR) is 88.9 cm³/mol. The summed E-state index contributed by atoms with van der Waals surface area (Å²) in [6, 6.07) is 23.9. The van der Waals surface area contributed by atoms with Crippen molar-refractivity contribution in [3.63, 3.8) is 0 Å². The van der Waals surface area contributed by atoms with Crippen molar-refractivity contribution in [2.75, 3.05) is 0 Å². The number of hydrogen-bond donors (Lipinski definition) is 0. The van der Waals surface area contributed by atoms with E-state index in [1.807, 2.05) is 60.7 Å². The van der Waals surface area contributed by atoms with Crippen LogP contribution in [0.1, 0.15) is 11.1 Å². The molecule has 21 heavy (non-hydrogen) atoms. The van der Waals surface area contributed by atoms with Gasteiger partial charge in [-0.25, -0.2) is 0 Å². The van der Waals surface area contributed by atoms with Crippen molar-refractivity contribution in [3.05, 3.63) is 82.9 Å². The minimum absolute atomic E-state index is 0.647. The first kappa shape index (κ1) is 13.4. The average molecular weight is 290 g/mol. The molecule has 0 aliphatic heterocycles. The summed E-state index contributed by atoms with van der Waals surface area (Å²) in [6.07, 6.45) is 1.89. The van der Waals surface area contributed by atoms with Crippen LogP contribution in [0.5, 0.6) is 0 Å². The molecule has 3 aromatic rings. The maximum absolute atomic E-state index is 9.51. The maximum Gasteiger partial charge on any atom is 0.0998 e. The lowest BCUT2D eigenvalue weighted by molar-refractivity contribution is 1.53. The van der Waals surface area contributed by atoms with Crippen LogP contribution in [-0.2, 0) is 0 Å². The Morgan fingerprint density at radius 2 is 1.62 bits per heavy atom. The van der Waals surface area contributed by atoms with E-state index >= 15 is 0 Å². The van der Waals surface area contributed by atoms with Crippen molar-refractivity contribution in [1.29, 1.82) is 5.26 Å². The summed E-state index contributed by atoms with van der Waals surface area (Å²) in [6.45, 7) is 0. The molecule has 3 rings (SSSR count). The highest BCUT2D eigenvalue weighted by atomic mass is 35.5. The molecule has 0 saturated carbocycles. The quantitative estimate of drug-likeness (QED) is 0.448. The molecular formula is C19H12ClN. The number of fused-ring (bicyclic) bond motifs is 1. The summed E-state index contributed by atoms with van der Waals surface area (Å²) in [5.74, 6) is 0. The Hall–Kier alpha value is -2.56. The third-order valence-corrected chi connectivity index (χ3v) is 3.63. The van der Waals surface area contributed by atoms with Crippen LogP contribution in [-0.4, -0.2) is 0 Å². The number of halogens is 1. The van der Waals surface area contributed by atoms with Crippen LogP contribution in [0.2, 0.25) is 5.02 Å². The Kier molecular flexibility index (Phi) is 3.73. The van der Waals surface area contributed by atoms with Crippen molar-refractivity contribution in [1.82, 2.24) is 0 Å². The highest BCUT2D eigenvalue weighted by Gasteiger charge is 2.05. The van der Waals surface area contributed by atoms with Gasteiger partial charge < -0.3 is 0 Å². The fraction of sp³-hybridized carbons (Fsp3) is 0. The normalized spacial score (nSPS) is 11.3. The maximum atomic E-state index is 9.51. The molecule has 0 bridgehead atoms. The molecule has 0 radical (unpaired) electrons. The molecule has 0 heterocycles. The van der Waals surface area contributed by atoms with E-state index in [2.05, 4.69) is 18.2 Å². The Labute approximate surface area is 128 Å². The molecule has 2 heteroatoms. The molecule has 0 aliphatic rings. The van der Waals surface area contributed by atoms with E-state index in [4.69, 9.17) is 11.6 Å². The minimum Gasteiger partial charge on any atom is -0.192 e. The lowest BCUT2D eigenvalue weighted by Gasteiger charge is -2.05. The van der Waals surface area contributed by atoms with Crippen LogP contribution in [0.25, 0.3) is 22.4 Å². The van der Waals surface area contributed by atoms with Gasteiger partial charge in [0.2, 0.25) is 0 Å². The van der Waals surface area contributed by atoms with Crippen molar-refractivity contribution in [2.45, 2.75) is 0 Å². The molecule has 0 N–H and O–H groups in total. The first-order chi connectivity index (χ1) is 10.3. The monoisotopic (exact) mass is 289 g/mol. The van der Waals surface area contributed by atoms with Gasteiger partial charge in [0, 0.05) is 10.6 Å². The largest absolute Gasteiger partial charge is 0.192 e. The lowest BCUT2D eigenvalue weighted by Crippen LogP contribution is -1.85. The summed E-state index contributed by atoms with van der Waals surface area (Å²) < 4.78 is 0. The number of nitriles is 1. The van der Waals surface area contributed by atoms with E-state index in [1.165, 1.54) is 0 Å². The van der Waals surface area contributed by atoms with Crippen molar-refractivity contribution >= 4 is 34.0 Å². The Morgan fingerprint density at radius 3 is 2.38 bits per heavy atom. The van der Waals surface area contributed by atoms with E-state index < -0.39 is 0 Å². The molecule has 0 amide bonds. The van der Waals surface area contributed by atoms with E-state index in [1.54, 1.807) is 0 Å². The van der Waals surface area contributed by atoms with Crippen LogP contribution in [0.3, 0.4) is 0 Å². The van der Waals surface area contributed by atoms with Gasteiger partial charge in [0.25, 0.3) is 0 Å². The van der Waals surface area contributed by atoms with Crippen LogP contribution in [0, 0.1) is 11.3 Å². The zero-order valence-electron chi connectivity index (χ0n) is 11.3. The molecule has 0 aromatic heterocycles. The summed E-state index contributed by atoms with van der Waals surface area (Å²) in [7, 11) is 0. The molecule has 100 valence electrons. The second kappa shape index (κ2) is 5.83. The summed E-state index contributed by atoms with van der Waals surface area (Å²) >= 11 is 5.89. The highest BCUT2D eigenvalue weighted by molar-refractivity contribution is 6.30. The second-order valence-corrected chi connectivity index (χ2v) is 5.18. The van der Waals surface area contributed by atoms with Crippen LogP contribution in [0.4, 0.5) is 0 Å². The molecule has 0 atom stereocenters. The fourth-order valence-electron chi connectivity index (χ4n) is 2.36. The zero-order valence-corrected chi connectivity index (χ0v) is 12.0. The lowest BCUT2D eigenvalue weighted by atomic mass is 9.97. The fourth-order valence-corrected chi connectivity index (χ4v) is 2.48. The molecule has 0 fully saturated rings. The van der Waals surface area contributed by atoms with Gasteiger partial charge in [0.15, 0.2) is 0 Å². The Bertz CT molecular complexity index is 849. The van der Waals surface area contributed by atoms with Gasteiger partial charge in [0.05, 0.1) is 11.6 Å². The predicted octanol–water partition coefficient (Wildman–Crippen LogP) is 5.56. The van der Waals surface area contributed by atoms with Crippen molar-refractivity contribution in [3.8, 4) is 6.07 Å². The van der Waals surface area contributed by atoms with Crippen molar-refractivity contribution in [2.24, 2.45) is 0 Å². The molecule has 0 spiro atoms. The number of nitrogens with zero attached hydrogens (tertiary/aromatic N) is 1. The number of benzene rings is 3. The third-order valence-electron chi connectivity index (χ3n) is 3.38. The van der Waals surface area contributed by atoms with Gasteiger partial charge in [-0.15, -0.1) is 0 Å². The average Bonchev–Trinajstić information content (AvgIpc) is 2.54. The molecule has 0 saturated heterocycles. The molecular weight excluding hydrogens is 278 g/mol. The van der Waals surface area contributed by atoms with E-state index in [0.717, 1.165) is 21.9 Å². The first-order valence-electron chi connectivity index (χ1n) is 6.63.